The van der Waals surface area contributed by atoms with Crippen LogP contribution in [-0.2, 0) is 20.8 Å². The van der Waals surface area contributed by atoms with E-state index < -0.39 is 18.0 Å². The average molecular weight is 551 g/mol. The van der Waals surface area contributed by atoms with Crippen LogP contribution in [0.1, 0.15) is 62.9 Å². The first-order chi connectivity index (χ1) is 19.2. The van der Waals surface area contributed by atoms with Gasteiger partial charge in [0.15, 0.2) is 0 Å². The maximum Gasteiger partial charge on any atom is 0.255 e. The molecular formula is C31H42N4O5. The van der Waals surface area contributed by atoms with E-state index in [0.717, 1.165) is 12.8 Å². The van der Waals surface area contributed by atoms with Gasteiger partial charge in [-0.2, -0.15) is 0 Å². The molecular weight excluding hydrogens is 508 g/mol. The highest BCUT2D eigenvalue weighted by Crippen LogP contribution is 2.20. The van der Waals surface area contributed by atoms with Gasteiger partial charge in [0.25, 0.3) is 5.91 Å². The number of hydrogen-bond acceptors (Lipinski definition) is 5. The van der Waals surface area contributed by atoms with Crippen molar-refractivity contribution in [3.8, 4) is 5.75 Å². The van der Waals surface area contributed by atoms with Gasteiger partial charge in [-0.1, -0.05) is 70.2 Å². The molecule has 4 amide bonds. The van der Waals surface area contributed by atoms with Crippen molar-refractivity contribution in [2.75, 3.05) is 13.2 Å². The number of nitrogens with one attached hydrogen (secondary N) is 4. The summed E-state index contributed by atoms with van der Waals surface area (Å²) in [5.74, 6) is -1.26. The van der Waals surface area contributed by atoms with E-state index in [-0.39, 0.29) is 60.6 Å². The highest BCUT2D eigenvalue weighted by molar-refractivity contribution is 5.99. The Bertz CT molecular complexity index is 1150. The van der Waals surface area contributed by atoms with Gasteiger partial charge in [0.05, 0.1) is 11.6 Å². The number of amides is 4. The molecule has 0 saturated heterocycles. The number of ether oxygens (including phenoxy) is 1. The van der Waals surface area contributed by atoms with E-state index in [2.05, 4.69) is 21.3 Å². The molecule has 4 N–H and O–H groups in total. The second kappa shape index (κ2) is 15.1. The Kier molecular flexibility index (Phi) is 11.5. The Labute approximate surface area is 236 Å². The molecule has 0 radical (unpaired) electrons. The van der Waals surface area contributed by atoms with Crippen molar-refractivity contribution in [3.05, 3.63) is 65.7 Å². The maximum atomic E-state index is 13.3. The zero-order valence-electron chi connectivity index (χ0n) is 23.9. The van der Waals surface area contributed by atoms with Crippen molar-refractivity contribution in [1.82, 2.24) is 21.3 Å². The van der Waals surface area contributed by atoms with Gasteiger partial charge >= 0.3 is 0 Å². The lowest BCUT2D eigenvalue weighted by Gasteiger charge is -2.27. The standard InChI is InChI=1S/C31H42N4O5/c1-20(2)25-19-40-26-15-9-8-14-23(26)29(37)33-24(16-17-27(36)35-28(21(3)4)31(39)34-25)30(38)32-18-10-13-22-11-6-5-7-12-22/h5-9,11-12,14-15,20-21,24-25,28H,10,13,16-19H2,1-4H3,(H,32,38)(H,33,37)(H,34,39)(H,35,36)/t24-,25+,28+/m0/s1. The van der Waals surface area contributed by atoms with Gasteiger partial charge in [0.1, 0.15) is 24.4 Å². The van der Waals surface area contributed by atoms with Crippen LogP contribution in [0.5, 0.6) is 5.75 Å². The molecule has 0 bridgehead atoms. The highest BCUT2D eigenvalue weighted by Gasteiger charge is 2.30. The van der Waals surface area contributed by atoms with E-state index in [9.17, 15) is 19.2 Å². The number of carbonyl (C=O) groups excluding carboxylic acids is 4. The van der Waals surface area contributed by atoms with Crippen LogP contribution >= 0.6 is 0 Å². The summed E-state index contributed by atoms with van der Waals surface area (Å²) in [6, 6.07) is 14.7. The monoisotopic (exact) mass is 550 g/mol. The molecule has 2 aromatic carbocycles. The molecule has 9 heteroatoms. The lowest BCUT2D eigenvalue weighted by Crippen LogP contribution is -2.54. The molecule has 2 aromatic rings. The molecule has 1 aliphatic heterocycles. The van der Waals surface area contributed by atoms with Gasteiger partial charge in [-0.05, 0) is 48.8 Å². The second-order valence-electron chi connectivity index (χ2n) is 10.9. The third kappa shape index (κ3) is 9.10. The van der Waals surface area contributed by atoms with Crippen molar-refractivity contribution >= 4 is 23.6 Å². The third-order valence-electron chi connectivity index (χ3n) is 7.01. The van der Waals surface area contributed by atoms with Gasteiger partial charge in [-0.3, -0.25) is 19.2 Å². The predicted molar refractivity (Wildman–Crippen MR) is 154 cm³/mol. The number of hydrogen-bond donors (Lipinski definition) is 4. The summed E-state index contributed by atoms with van der Waals surface area (Å²) in [6.07, 6.45) is 1.58. The Balaban J connectivity index is 1.79. The molecule has 0 spiro atoms. The van der Waals surface area contributed by atoms with Crippen molar-refractivity contribution < 1.29 is 23.9 Å². The summed E-state index contributed by atoms with van der Waals surface area (Å²) in [5, 5.41) is 11.5. The average Bonchev–Trinajstić information content (AvgIpc) is 2.94. The zero-order valence-corrected chi connectivity index (χ0v) is 23.9. The normalized spacial score (nSPS) is 20.8. The van der Waals surface area contributed by atoms with Gasteiger partial charge in [0, 0.05) is 13.0 Å². The fourth-order valence-corrected chi connectivity index (χ4v) is 4.47. The molecule has 3 atom stereocenters. The Hall–Kier alpha value is -3.88. The molecule has 1 aliphatic rings. The highest BCUT2D eigenvalue weighted by atomic mass is 16.5. The fraction of sp³-hybridized carbons (Fsp3) is 0.484. The van der Waals surface area contributed by atoms with Gasteiger partial charge in [-0.25, -0.2) is 0 Å². The molecule has 0 unspecified atom stereocenters. The van der Waals surface area contributed by atoms with Crippen LogP contribution in [0, 0.1) is 11.8 Å². The van der Waals surface area contributed by atoms with Crippen molar-refractivity contribution in [2.45, 2.75) is 71.5 Å². The van der Waals surface area contributed by atoms with Crippen LogP contribution in [-0.4, -0.2) is 54.9 Å². The lowest BCUT2D eigenvalue weighted by molar-refractivity contribution is -0.131. The van der Waals surface area contributed by atoms with Gasteiger partial charge in [-0.15, -0.1) is 0 Å². The molecule has 216 valence electrons. The molecule has 0 aromatic heterocycles. The summed E-state index contributed by atoms with van der Waals surface area (Å²) in [4.78, 5) is 52.5. The largest absolute Gasteiger partial charge is 0.491 e. The number of aryl methyl sites for hydroxylation is 1. The summed E-state index contributed by atoms with van der Waals surface area (Å²) in [7, 11) is 0. The van der Waals surface area contributed by atoms with Crippen LogP contribution in [0.25, 0.3) is 0 Å². The molecule has 0 aliphatic carbocycles. The Morgan fingerprint density at radius 3 is 2.33 bits per heavy atom. The number of carbonyl (C=O) groups is 4. The summed E-state index contributed by atoms with van der Waals surface area (Å²) in [5.41, 5.74) is 1.45. The molecule has 0 fully saturated rings. The Morgan fingerprint density at radius 1 is 0.925 bits per heavy atom. The van der Waals surface area contributed by atoms with Crippen LogP contribution in [0.2, 0.25) is 0 Å². The fourth-order valence-electron chi connectivity index (χ4n) is 4.47. The number of fused-ring (bicyclic) bond motifs is 1. The van der Waals surface area contributed by atoms with E-state index >= 15 is 0 Å². The molecule has 40 heavy (non-hydrogen) atoms. The van der Waals surface area contributed by atoms with Gasteiger partial charge < -0.3 is 26.0 Å². The quantitative estimate of drug-likeness (QED) is 0.395. The second-order valence-corrected chi connectivity index (χ2v) is 10.9. The number of rotatable bonds is 7. The van der Waals surface area contributed by atoms with E-state index in [4.69, 9.17) is 4.74 Å². The van der Waals surface area contributed by atoms with Crippen LogP contribution in [0.15, 0.2) is 54.6 Å². The summed E-state index contributed by atoms with van der Waals surface area (Å²) in [6.45, 7) is 8.22. The molecule has 3 rings (SSSR count). The first kappa shape index (κ1) is 30.7. The third-order valence-corrected chi connectivity index (χ3v) is 7.01. The first-order valence-corrected chi connectivity index (χ1v) is 14.1. The molecule has 0 saturated carbocycles. The first-order valence-electron chi connectivity index (χ1n) is 14.1. The maximum absolute atomic E-state index is 13.3. The molecule has 1 heterocycles. The number of para-hydroxylation sites is 1. The summed E-state index contributed by atoms with van der Waals surface area (Å²) >= 11 is 0. The lowest BCUT2D eigenvalue weighted by atomic mass is 10.00. The van der Waals surface area contributed by atoms with E-state index in [1.165, 1.54) is 5.56 Å². The van der Waals surface area contributed by atoms with Crippen molar-refractivity contribution in [2.24, 2.45) is 11.8 Å². The van der Waals surface area contributed by atoms with Crippen molar-refractivity contribution in [1.29, 1.82) is 0 Å². The topological polar surface area (TPSA) is 126 Å². The predicted octanol–water partition coefficient (Wildman–Crippen LogP) is 2.99. The SMILES string of the molecule is CC(C)[C@H]1COc2ccccc2C(=O)N[C@H](C(=O)NCCCc2ccccc2)CCC(=O)N[C@H](C(C)C)C(=O)N1. The van der Waals surface area contributed by atoms with E-state index in [1.807, 2.05) is 58.0 Å². The Morgan fingerprint density at radius 2 is 1.62 bits per heavy atom. The van der Waals surface area contributed by atoms with E-state index in [1.54, 1.807) is 24.3 Å². The minimum absolute atomic E-state index is 0.0371. The van der Waals surface area contributed by atoms with Crippen LogP contribution in [0.3, 0.4) is 0 Å². The van der Waals surface area contributed by atoms with Crippen molar-refractivity contribution in [3.63, 3.8) is 0 Å². The van der Waals surface area contributed by atoms with E-state index in [0.29, 0.717) is 12.3 Å². The minimum atomic E-state index is -0.942. The van der Waals surface area contributed by atoms with Gasteiger partial charge in [0.2, 0.25) is 17.7 Å². The number of benzene rings is 2. The summed E-state index contributed by atoms with van der Waals surface area (Å²) < 4.78 is 6.03. The van der Waals surface area contributed by atoms with Crippen LogP contribution < -0.4 is 26.0 Å². The molecule has 9 nitrogen and oxygen atoms in total. The minimum Gasteiger partial charge on any atom is -0.491 e. The zero-order chi connectivity index (χ0) is 29.1. The smallest absolute Gasteiger partial charge is 0.255 e. The van der Waals surface area contributed by atoms with Crippen LogP contribution in [0.4, 0.5) is 0 Å².